The molecule has 0 aliphatic heterocycles. The minimum atomic E-state index is -3.01. The number of aromatic nitrogens is 5. The van der Waals surface area contributed by atoms with Crippen LogP contribution in [0.4, 0.5) is 14.5 Å². The van der Waals surface area contributed by atoms with E-state index in [-0.39, 0.29) is 11.3 Å². The Bertz CT molecular complexity index is 1450. The molecular weight excluding hydrogens is 542 g/mol. The highest BCUT2D eigenvalue weighted by Crippen LogP contribution is 2.72. The summed E-state index contributed by atoms with van der Waals surface area (Å²) in [5, 5.41) is 12.9. The summed E-state index contributed by atoms with van der Waals surface area (Å²) < 4.78 is 34.8. The number of nitrogens with one attached hydrogen (secondary N) is 1. The molecule has 3 aromatic heterocycles. The third-order valence-electron chi connectivity index (χ3n) is 6.47. The van der Waals surface area contributed by atoms with E-state index in [0.29, 0.717) is 38.3 Å². The topological polar surface area (TPSA) is 86.3 Å². The Morgan fingerprint density at radius 2 is 1.79 bits per heavy atom. The Morgan fingerprint density at radius 3 is 2.44 bits per heavy atom. The molecule has 1 amide bonds. The summed E-state index contributed by atoms with van der Waals surface area (Å²) in [4.78, 5) is 18.4. The average Bonchev–Trinajstić information content (AvgIpc) is 3.45. The molecule has 39 heavy (non-hydrogen) atoms. The number of ether oxygens (including phenoxy) is 1. The SMILES string of the molecule is CC(C)S(Sc1ccc(OC(F)F)c(-c2nn(C)cc2NC(=O)c2cnn3cccnc23)c1)(C(C)C)C(C)C. The zero-order valence-corrected chi connectivity index (χ0v) is 24.7. The van der Waals surface area contributed by atoms with E-state index in [9.17, 15) is 13.6 Å². The maximum Gasteiger partial charge on any atom is 0.387 e. The Balaban J connectivity index is 1.77. The number of aryl methyl sites for hydroxylation is 1. The van der Waals surface area contributed by atoms with Crippen molar-refractivity contribution in [3.8, 4) is 17.0 Å². The Morgan fingerprint density at radius 1 is 1.10 bits per heavy atom. The van der Waals surface area contributed by atoms with Crippen LogP contribution in [0.2, 0.25) is 0 Å². The molecule has 0 saturated heterocycles. The summed E-state index contributed by atoms with van der Waals surface area (Å²) >= 11 is 0. The number of nitrogens with zero attached hydrogens (tertiary/aromatic N) is 5. The van der Waals surface area contributed by atoms with Crippen LogP contribution in [0, 0.1) is 0 Å². The number of rotatable bonds is 10. The number of carbonyl (C=O) groups excluding carboxylic acids is 1. The number of carbonyl (C=O) groups is 1. The van der Waals surface area contributed by atoms with Gasteiger partial charge >= 0.3 is 6.61 Å². The molecule has 0 unspecified atom stereocenters. The lowest BCUT2D eigenvalue weighted by Gasteiger charge is -2.50. The van der Waals surface area contributed by atoms with Crippen LogP contribution in [-0.2, 0) is 7.05 Å². The van der Waals surface area contributed by atoms with E-state index in [1.807, 2.05) is 22.9 Å². The van der Waals surface area contributed by atoms with Gasteiger partial charge in [0.05, 0.1) is 11.9 Å². The summed E-state index contributed by atoms with van der Waals surface area (Å²) in [6, 6.07) is 6.94. The third kappa shape index (κ3) is 5.76. The van der Waals surface area contributed by atoms with Gasteiger partial charge in [-0.3, -0.25) is 9.48 Å². The van der Waals surface area contributed by atoms with Crippen molar-refractivity contribution >= 4 is 37.1 Å². The molecular formula is C27H34F2N6O2S2. The molecule has 0 aliphatic rings. The quantitative estimate of drug-likeness (QED) is 0.204. The fraction of sp³-hybridized carbons (Fsp3) is 0.407. The second-order valence-corrected chi connectivity index (χ2v) is 17.0. The van der Waals surface area contributed by atoms with Crippen molar-refractivity contribution in [2.75, 3.05) is 5.32 Å². The lowest BCUT2D eigenvalue weighted by atomic mass is 10.1. The van der Waals surface area contributed by atoms with Gasteiger partial charge in [0.15, 0.2) is 5.65 Å². The van der Waals surface area contributed by atoms with E-state index in [2.05, 4.69) is 62.0 Å². The summed E-state index contributed by atoms with van der Waals surface area (Å²) in [5.41, 5.74) is 1.73. The first kappa shape index (κ1) is 28.9. The number of fused-ring (bicyclic) bond motifs is 1. The fourth-order valence-corrected chi connectivity index (χ4v) is 12.5. The van der Waals surface area contributed by atoms with E-state index in [0.717, 1.165) is 4.90 Å². The molecule has 210 valence electrons. The molecule has 0 atom stereocenters. The highest BCUT2D eigenvalue weighted by molar-refractivity contribution is 8.94. The van der Waals surface area contributed by atoms with Crippen LogP contribution < -0.4 is 10.1 Å². The van der Waals surface area contributed by atoms with Crippen LogP contribution in [0.15, 0.2) is 53.9 Å². The van der Waals surface area contributed by atoms with Gasteiger partial charge in [0.25, 0.3) is 5.91 Å². The van der Waals surface area contributed by atoms with Gasteiger partial charge in [0.1, 0.15) is 17.0 Å². The zero-order chi connectivity index (χ0) is 28.5. The lowest BCUT2D eigenvalue weighted by molar-refractivity contribution is -0.0494. The molecule has 0 radical (unpaired) electrons. The van der Waals surface area contributed by atoms with Gasteiger partial charge in [-0.15, -0.1) is 0 Å². The van der Waals surface area contributed by atoms with Gasteiger partial charge in [0.2, 0.25) is 0 Å². The summed E-state index contributed by atoms with van der Waals surface area (Å²) in [5.74, 6) is -0.455. The summed E-state index contributed by atoms with van der Waals surface area (Å²) in [7, 11) is 2.33. The molecule has 0 saturated carbocycles. The van der Waals surface area contributed by atoms with Gasteiger partial charge < -0.3 is 10.1 Å². The molecule has 3 heterocycles. The molecule has 0 spiro atoms. The largest absolute Gasteiger partial charge is 0.434 e. The van der Waals surface area contributed by atoms with Crippen molar-refractivity contribution in [3.63, 3.8) is 0 Å². The molecule has 4 aromatic rings. The van der Waals surface area contributed by atoms with Gasteiger partial charge in [-0.25, -0.2) is 9.50 Å². The second kappa shape index (κ2) is 11.5. The van der Waals surface area contributed by atoms with Gasteiger partial charge in [-0.05, 0) is 40.0 Å². The van der Waals surface area contributed by atoms with E-state index < -0.39 is 21.6 Å². The number of hydrogen-bond acceptors (Lipinski definition) is 6. The maximum atomic E-state index is 13.4. The number of anilines is 1. The molecule has 4 rings (SSSR count). The molecule has 8 nitrogen and oxygen atoms in total. The number of benzene rings is 1. The molecule has 0 fully saturated rings. The molecule has 0 aliphatic carbocycles. The highest BCUT2D eigenvalue weighted by atomic mass is 33.2. The van der Waals surface area contributed by atoms with Crippen LogP contribution >= 0.6 is 19.9 Å². The minimum Gasteiger partial charge on any atom is -0.434 e. The minimum absolute atomic E-state index is 0.0135. The van der Waals surface area contributed by atoms with Crippen molar-refractivity contribution < 1.29 is 18.3 Å². The van der Waals surface area contributed by atoms with Crippen LogP contribution in [0.5, 0.6) is 5.75 Å². The Labute approximate surface area is 232 Å². The summed E-state index contributed by atoms with van der Waals surface area (Å²) in [6.45, 7) is 10.5. The second-order valence-electron chi connectivity index (χ2n) is 9.93. The number of hydrogen-bond donors (Lipinski definition) is 1. The zero-order valence-electron chi connectivity index (χ0n) is 23.1. The molecule has 12 heteroatoms. The van der Waals surface area contributed by atoms with E-state index in [4.69, 9.17) is 4.74 Å². The van der Waals surface area contributed by atoms with Crippen LogP contribution in [-0.4, -0.2) is 52.6 Å². The van der Waals surface area contributed by atoms with E-state index >= 15 is 0 Å². The number of alkyl halides is 2. The molecule has 1 N–H and O–H groups in total. The number of amides is 1. The van der Waals surface area contributed by atoms with E-state index in [1.165, 1.54) is 15.4 Å². The average molecular weight is 577 g/mol. The lowest BCUT2D eigenvalue weighted by Crippen LogP contribution is -2.25. The predicted molar refractivity (Wildman–Crippen MR) is 155 cm³/mol. The van der Waals surface area contributed by atoms with Crippen molar-refractivity contribution in [2.24, 2.45) is 7.05 Å². The molecule has 0 bridgehead atoms. The van der Waals surface area contributed by atoms with Crippen molar-refractivity contribution in [3.05, 3.63) is 54.6 Å². The van der Waals surface area contributed by atoms with Crippen LogP contribution in [0.3, 0.4) is 0 Å². The Kier molecular flexibility index (Phi) is 8.55. The normalized spacial score (nSPS) is 12.7. The first-order chi connectivity index (χ1) is 18.4. The fourth-order valence-electron chi connectivity index (χ4n) is 4.99. The van der Waals surface area contributed by atoms with Crippen LogP contribution in [0.25, 0.3) is 16.9 Å². The summed E-state index contributed by atoms with van der Waals surface area (Å²) in [6.07, 6.45) is 6.33. The van der Waals surface area contributed by atoms with Crippen molar-refractivity contribution in [1.82, 2.24) is 24.4 Å². The highest BCUT2D eigenvalue weighted by Gasteiger charge is 2.36. The number of halogens is 2. The van der Waals surface area contributed by atoms with Crippen molar-refractivity contribution in [1.29, 1.82) is 0 Å². The first-order valence-corrected chi connectivity index (χ1v) is 15.8. The standard InChI is InChI=1S/C27H34F2N6O2S2/c1-16(2)39(17(3)4,18(5)6)38-19-9-10-23(37-27(28)29)20(13-19)24-22(15-34(7)33-24)32-26(36)21-14-31-35-12-8-11-30-25(21)35/h8-18,27H,1-7H3,(H,32,36). The van der Waals surface area contributed by atoms with Gasteiger partial charge in [0, 0.05) is 36.1 Å². The van der Waals surface area contributed by atoms with E-state index in [1.54, 1.807) is 37.8 Å². The van der Waals surface area contributed by atoms with Crippen molar-refractivity contribution in [2.45, 2.75) is 68.8 Å². The maximum absolute atomic E-state index is 13.4. The smallest absolute Gasteiger partial charge is 0.387 e. The van der Waals surface area contributed by atoms with Gasteiger partial charge in [-0.2, -0.15) is 28.0 Å². The predicted octanol–water partition coefficient (Wildman–Crippen LogP) is 7.02. The van der Waals surface area contributed by atoms with Gasteiger partial charge in [-0.1, -0.05) is 52.3 Å². The first-order valence-electron chi connectivity index (χ1n) is 12.7. The van der Waals surface area contributed by atoms with Crippen LogP contribution in [0.1, 0.15) is 51.9 Å². The third-order valence-corrected chi connectivity index (χ3v) is 16.5. The Hall–Kier alpha value is -3.12. The molecule has 1 aromatic carbocycles. The monoisotopic (exact) mass is 576 g/mol.